The Hall–Kier alpha value is -0.000000000000000111. The van der Waals surface area contributed by atoms with Crippen molar-refractivity contribution in [3.05, 3.63) is 20.8 Å². The van der Waals surface area contributed by atoms with E-state index in [-0.39, 0.29) is 11.8 Å². The maximum Gasteiger partial charge on any atom is 0.224 e. The zero-order chi connectivity index (χ0) is 10.7. The van der Waals surface area contributed by atoms with Gasteiger partial charge in [0.15, 0.2) is 0 Å². The lowest BCUT2D eigenvalue weighted by atomic mass is 10.1. The SMILES string of the molecule is O=C(NCc1cc(Br)cs1)C1CCSC1. The summed E-state index contributed by atoms with van der Waals surface area (Å²) in [5, 5.41) is 5.03. The van der Waals surface area contributed by atoms with Crippen LogP contribution in [0.3, 0.4) is 0 Å². The van der Waals surface area contributed by atoms with E-state index in [9.17, 15) is 4.79 Å². The van der Waals surface area contributed by atoms with Crippen LogP contribution in [0.15, 0.2) is 15.9 Å². The summed E-state index contributed by atoms with van der Waals surface area (Å²) in [6.07, 6.45) is 1.03. The van der Waals surface area contributed by atoms with Crippen molar-refractivity contribution in [3.63, 3.8) is 0 Å². The molecule has 15 heavy (non-hydrogen) atoms. The fourth-order valence-electron chi connectivity index (χ4n) is 1.51. The van der Waals surface area contributed by atoms with Gasteiger partial charge in [-0.25, -0.2) is 0 Å². The third kappa shape index (κ3) is 3.23. The molecule has 1 amide bonds. The Balaban J connectivity index is 1.80. The number of carbonyl (C=O) groups excluding carboxylic acids is 1. The summed E-state index contributed by atoms with van der Waals surface area (Å²) in [6, 6.07) is 2.05. The van der Waals surface area contributed by atoms with Crippen molar-refractivity contribution in [1.29, 1.82) is 0 Å². The summed E-state index contributed by atoms with van der Waals surface area (Å²) in [6.45, 7) is 0.663. The van der Waals surface area contributed by atoms with Gasteiger partial charge >= 0.3 is 0 Å². The Morgan fingerprint density at radius 2 is 2.53 bits per heavy atom. The minimum Gasteiger partial charge on any atom is -0.351 e. The molecule has 0 aromatic carbocycles. The molecule has 2 rings (SSSR count). The molecule has 0 bridgehead atoms. The number of rotatable bonds is 3. The van der Waals surface area contributed by atoms with Crippen LogP contribution >= 0.6 is 39.0 Å². The Bertz CT molecular complexity index is 347. The molecule has 0 spiro atoms. The van der Waals surface area contributed by atoms with Gasteiger partial charge in [-0.15, -0.1) is 11.3 Å². The molecule has 1 aliphatic rings. The second kappa shape index (κ2) is 5.37. The lowest BCUT2D eigenvalue weighted by Gasteiger charge is -2.08. The Kier molecular flexibility index (Phi) is 4.11. The van der Waals surface area contributed by atoms with Crippen molar-refractivity contribution < 1.29 is 4.79 Å². The van der Waals surface area contributed by atoms with E-state index in [2.05, 4.69) is 21.2 Å². The standard InChI is InChI=1S/C10H12BrNOS2/c11-8-3-9(15-6-8)4-12-10(13)7-1-2-14-5-7/h3,6-7H,1-2,4-5H2,(H,12,13). The molecule has 2 nitrogen and oxygen atoms in total. The highest BCUT2D eigenvalue weighted by atomic mass is 79.9. The summed E-state index contributed by atoms with van der Waals surface area (Å²) >= 11 is 6.94. The van der Waals surface area contributed by atoms with Gasteiger partial charge in [0.1, 0.15) is 0 Å². The molecular formula is C10H12BrNOS2. The number of thiophene rings is 1. The van der Waals surface area contributed by atoms with Gasteiger partial charge in [-0.2, -0.15) is 11.8 Å². The highest BCUT2D eigenvalue weighted by Gasteiger charge is 2.22. The predicted octanol–water partition coefficient (Wildman–Crippen LogP) is 2.88. The molecular weight excluding hydrogens is 294 g/mol. The van der Waals surface area contributed by atoms with Crippen molar-refractivity contribution in [2.24, 2.45) is 5.92 Å². The molecule has 1 aromatic rings. The van der Waals surface area contributed by atoms with E-state index < -0.39 is 0 Å². The number of hydrogen-bond donors (Lipinski definition) is 1. The second-order valence-electron chi connectivity index (χ2n) is 3.51. The number of nitrogens with one attached hydrogen (secondary N) is 1. The maximum absolute atomic E-state index is 11.7. The Morgan fingerprint density at radius 3 is 3.13 bits per heavy atom. The first-order valence-corrected chi connectivity index (χ1v) is 7.67. The third-order valence-corrected chi connectivity index (χ3v) is 5.22. The Labute approximate surface area is 106 Å². The van der Waals surface area contributed by atoms with Gasteiger partial charge < -0.3 is 5.32 Å². The zero-order valence-electron chi connectivity index (χ0n) is 8.16. The minimum absolute atomic E-state index is 0.213. The fraction of sp³-hybridized carbons (Fsp3) is 0.500. The van der Waals surface area contributed by atoms with Gasteiger partial charge in [0.05, 0.1) is 6.54 Å². The molecule has 5 heteroatoms. The Morgan fingerprint density at radius 1 is 1.67 bits per heavy atom. The molecule has 0 radical (unpaired) electrons. The molecule has 1 fully saturated rings. The molecule has 1 atom stereocenters. The lowest BCUT2D eigenvalue weighted by Crippen LogP contribution is -2.29. The van der Waals surface area contributed by atoms with E-state index in [1.807, 2.05) is 23.2 Å². The van der Waals surface area contributed by atoms with Crippen molar-refractivity contribution in [3.8, 4) is 0 Å². The minimum atomic E-state index is 0.213. The number of hydrogen-bond acceptors (Lipinski definition) is 3. The van der Waals surface area contributed by atoms with Gasteiger partial charge in [0.25, 0.3) is 0 Å². The van der Waals surface area contributed by atoms with Crippen LogP contribution in [-0.2, 0) is 11.3 Å². The van der Waals surface area contributed by atoms with Crippen LogP contribution in [0.1, 0.15) is 11.3 Å². The zero-order valence-corrected chi connectivity index (χ0v) is 11.4. The first kappa shape index (κ1) is 11.5. The lowest BCUT2D eigenvalue weighted by molar-refractivity contribution is -0.124. The fourth-order valence-corrected chi connectivity index (χ4v) is 4.12. The predicted molar refractivity (Wildman–Crippen MR) is 69.3 cm³/mol. The first-order chi connectivity index (χ1) is 7.25. The highest BCUT2D eigenvalue weighted by molar-refractivity contribution is 9.10. The molecule has 0 saturated carbocycles. The van der Waals surface area contributed by atoms with Crippen molar-refractivity contribution in [2.75, 3.05) is 11.5 Å². The smallest absolute Gasteiger partial charge is 0.224 e. The van der Waals surface area contributed by atoms with E-state index in [0.29, 0.717) is 6.54 Å². The summed E-state index contributed by atoms with van der Waals surface area (Å²) in [7, 11) is 0. The third-order valence-electron chi connectivity index (χ3n) is 2.36. The molecule has 1 aromatic heterocycles. The van der Waals surface area contributed by atoms with Crippen LogP contribution in [0.25, 0.3) is 0 Å². The first-order valence-electron chi connectivity index (χ1n) is 4.84. The molecule has 0 aliphatic carbocycles. The van der Waals surface area contributed by atoms with E-state index in [1.54, 1.807) is 11.3 Å². The van der Waals surface area contributed by atoms with Crippen molar-refractivity contribution in [2.45, 2.75) is 13.0 Å². The van der Waals surface area contributed by atoms with Crippen molar-refractivity contribution in [1.82, 2.24) is 5.32 Å². The maximum atomic E-state index is 11.7. The van der Waals surface area contributed by atoms with Crippen LogP contribution in [0.5, 0.6) is 0 Å². The topological polar surface area (TPSA) is 29.1 Å². The molecule has 1 saturated heterocycles. The molecule has 1 unspecified atom stereocenters. The summed E-state index contributed by atoms with van der Waals surface area (Å²) in [5.74, 6) is 2.56. The largest absolute Gasteiger partial charge is 0.351 e. The van der Waals surface area contributed by atoms with Crippen LogP contribution in [0.4, 0.5) is 0 Å². The van der Waals surface area contributed by atoms with Crippen LogP contribution < -0.4 is 5.32 Å². The van der Waals surface area contributed by atoms with E-state index in [4.69, 9.17) is 0 Å². The van der Waals surface area contributed by atoms with E-state index in [0.717, 1.165) is 22.4 Å². The highest BCUT2D eigenvalue weighted by Crippen LogP contribution is 2.24. The van der Waals surface area contributed by atoms with Gasteiger partial charge in [-0.1, -0.05) is 0 Å². The molecule has 82 valence electrons. The number of halogens is 1. The van der Waals surface area contributed by atoms with Gasteiger partial charge in [-0.3, -0.25) is 4.79 Å². The number of carbonyl (C=O) groups is 1. The quantitative estimate of drug-likeness (QED) is 0.930. The van der Waals surface area contributed by atoms with Crippen LogP contribution in [0.2, 0.25) is 0 Å². The number of amides is 1. The van der Waals surface area contributed by atoms with Crippen LogP contribution in [0, 0.1) is 5.92 Å². The van der Waals surface area contributed by atoms with Crippen LogP contribution in [-0.4, -0.2) is 17.4 Å². The van der Waals surface area contributed by atoms with E-state index >= 15 is 0 Å². The average Bonchev–Trinajstić information content (AvgIpc) is 2.84. The molecule has 2 heterocycles. The monoisotopic (exact) mass is 305 g/mol. The van der Waals surface area contributed by atoms with Crippen molar-refractivity contribution >= 4 is 44.9 Å². The molecule has 1 aliphatic heterocycles. The molecule has 1 N–H and O–H groups in total. The van der Waals surface area contributed by atoms with Gasteiger partial charge in [0, 0.05) is 26.4 Å². The van der Waals surface area contributed by atoms with Gasteiger partial charge in [0.2, 0.25) is 5.91 Å². The average molecular weight is 306 g/mol. The van der Waals surface area contributed by atoms with E-state index in [1.165, 1.54) is 4.88 Å². The number of thioether (sulfide) groups is 1. The summed E-state index contributed by atoms with van der Waals surface area (Å²) in [5.41, 5.74) is 0. The van der Waals surface area contributed by atoms with Gasteiger partial charge in [-0.05, 0) is 34.2 Å². The summed E-state index contributed by atoms with van der Waals surface area (Å²) in [4.78, 5) is 12.9. The normalized spacial score (nSPS) is 20.5. The second-order valence-corrected chi connectivity index (χ2v) is 6.57. The summed E-state index contributed by atoms with van der Waals surface area (Å²) < 4.78 is 1.09.